The Bertz CT molecular complexity index is 864. The summed E-state index contributed by atoms with van der Waals surface area (Å²) in [7, 11) is 0. The molecule has 0 aliphatic carbocycles. The third kappa shape index (κ3) is 2.77. The number of hydrogen-bond donors (Lipinski definition) is 2. The summed E-state index contributed by atoms with van der Waals surface area (Å²) in [5, 5.41) is 4.53. The molecule has 5 rings (SSSR count). The fourth-order valence-corrected chi connectivity index (χ4v) is 5.20. The van der Waals surface area contributed by atoms with E-state index in [-0.39, 0.29) is 5.91 Å². The number of likely N-dealkylation sites (tertiary alicyclic amines) is 1. The van der Waals surface area contributed by atoms with Crippen LogP contribution in [0.25, 0.3) is 11.0 Å². The van der Waals surface area contributed by atoms with Crippen molar-refractivity contribution in [2.24, 2.45) is 5.92 Å². The van der Waals surface area contributed by atoms with Gasteiger partial charge in [0, 0.05) is 43.8 Å². The number of thioether (sulfide) groups is 1. The zero-order chi connectivity index (χ0) is 17.5. The molecule has 2 aromatic rings. The number of amides is 1. The summed E-state index contributed by atoms with van der Waals surface area (Å²) in [6, 6.07) is 2.46. The highest BCUT2D eigenvalue weighted by Crippen LogP contribution is 2.32. The summed E-state index contributed by atoms with van der Waals surface area (Å²) in [4.78, 5) is 29.8. The quantitative estimate of drug-likeness (QED) is 0.836. The lowest BCUT2D eigenvalue weighted by Crippen LogP contribution is -2.49. The van der Waals surface area contributed by atoms with Gasteiger partial charge in [0.1, 0.15) is 17.8 Å². The van der Waals surface area contributed by atoms with Crippen molar-refractivity contribution < 1.29 is 4.79 Å². The van der Waals surface area contributed by atoms with Crippen molar-refractivity contribution in [1.29, 1.82) is 0 Å². The van der Waals surface area contributed by atoms with Crippen LogP contribution in [0.3, 0.4) is 0 Å². The molecule has 7 nitrogen and oxygen atoms in total. The molecule has 2 fully saturated rings. The van der Waals surface area contributed by atoms with Crippen molar-refractivity contribution in [3.63, 3.8) is 0 Å². The zero-order valence-electron chi connectivity index (χ0n) is 14.5. The van der Waals surface area contributed by atoms with E-state index in [2.05, 4.69) is 25.2 Å². The van der Waals surface area contributed by atoms with E-state index in [9.17, 15) is 4.79 Å². The maximum absolute atomic E-state index is 13.1. The molecule has 5 heterocycles. The predicted octanol–water partition coefficient (Wildman–Crippen LogP) is 1.56. The van der Waals surface area contributed by atoms with E-state index in [1.807, 2.05) is 23.4 Å². The third-order valence-electron chi connectivity index (χ3n) is 5.64. The Hall–Kier alpha value is -2.06. The standard InChI is InChI=1S/C18H22N6OS/c25-18(24-6-3-12-1-4-19-14(12)9-24)15-10-23(7-8-26-15)17-13-2-5-20-16(13)21-11-22-17/h2,5,10-12,14,19H,1,3-4,6-9H2,(H,20,21,22)/t12-,14+/m1/s1. The molecule has 2 aromatic heterocycles. The van der Waals surface area contributed by atoms with Crippen LogP contribution in [0, 0.1) is 5.92 Å². The second-order valence-corrected chi connectivity index (χ2v) is 8.26. The van der Waals surface area contributed by atoms with Gasteiger partial charge in [-0.3, -0.25) is 4.79 Å². The van der Waals surface area contributed by atoms with E-state index in [0.717, 1.165) is 66.0 Å². The number of piperidine rings is 1. The highest BCUT2D eigenvalue weighted by Gasteiger charge is 2.35. The summed E-state index contributed by atoms with van der Waals surface area (Å²) in [5.74, 6) is 2.64. The molecule has 0 aromatic carbocycles. The molecule has 136 valence electrons. The first-order chi connectivity index (χ1) is 12.8. The van der Waals surface area contributed by atoms with Gasteiger partial charge in [-0.15, -0.1) is 11.8 Å². The molecule has 0 saturated carbocycles. The van der Waals surface area contributed by atoms with E-state index in [1.165, 1.54) is 6.42 Å². The second-order valence-electron chi connectivity index (χ2n) is 7.12. The molecule has 2 saturated heterocycles. The Balaban J connectivity index is 1.38. The van der Waals surface area contributed by atoms with Gasteiger partial charge in [0.15, 0.2) is 0 Å². The minimum atomic E-state index is 0.159. The van der Waals surface area contributed by atoms with Crippen LogP contribution in [0.5, 0.6) is 0 Å². The van der Waals surface area contributed by atoms with Gasteiger partial charge in [-0.05, 0) is 31.4 Å². The molecule has 2 atom stereocenters. The summed E-state index contributed by atoms with van der Waals surface area (Å²) in [5.41, 5.74) is 0.823. The molecule has 3 aliphatic rings. The predicted molar refractivity (Wildman–Crippen MR) is 103 cm³/mol. The van der Waals surface area contributed by atoms with Crippen LogP contribution in [0.1, 0.15) is 12.8 Å². The van der Waals surface area contributed by atoms with Crippen LogP contribution in [-0.4, -0.2) is 63.7 Å². The average Bonchev–Trinajstić information content (AvgIpc) is 3.35. The Morgan fingerprint density at radius 3 is 3.19 bits per heavy atom. The van der Waals surface area contributed by atoms with E-state index in [1.54, 1.807) is 18.1 Å². The molecule has 0 bridgehead atoms. The number of carbonyl (C=O) groups is 1. The summed E-state index contributed by atoms with van der Waals surface area (Å²) in [6.07, 6.45) is 7.77. The smallest absolute Gasteiger partial charge is 0.261 e. The molecule has 26 heavy (non-hydrogen) atoms. The first kappa shape index (κ1) is 16.1. The van der Waals surface area contributed by atoms with E-state index in [4.69, 9.17) is 0 Å². The van der Waals surface area contributed by atoms with Crippen LogP contribution in [-0.2, 0) is 4.79 Å². The van der Waals surface area contributed by atoms with Gasteiger partial charge in [0.25, 0.3) is 5.91 Å². The molecule has 0 spiro atoms. The normalized spacial score (nSPS) is 26.1. The van der Waals surface area contributed by atoms with Gasteiger partial charge in [0.2, 0.25) is 0 Å². The Morgan fingerprint density at radius 1 is 1.27 bits per heavy atom. The first-order valence-corrected chi connectivity index (χ1v) is 10.2. The molecule has 8 heteroatoms. The zero-order valence-corrected chi connectivity index (χ0v) is 15.3. The molecular weight excluding hydrogens is 348 g/mol. The van der Waals surface area contributed by atoms with Crippen molar-refractivity contribution in [1.82, 2.24) is 25.2 Å². The second kappa shape index (κ2) is 6.59. The minimum Gasteiger partial charge on any atom is -0.346 e. The van der Waals surface area contributed by atoms with Gasteiger partial charge < -0.3 is 20.1 Å². The van der Waals surface area contributed by atoms with E-state index >= 15 is 0 Å². The van der Waals surface area contributed by atoms with Crippen molar-refractivity contribution in [2.75, 3.05) is 36.8 Å². The van der Waals surface area contributed by atoms with Crippen LogP contribution in [0.15, 0.2) is 29.7 Å². The van der Waals surface area contributed by atoms with Gasteiger partial charge in [-0.1, -0.05) is 0 Å². The van der Waals surface area contributed by atoms with Gasteiger partial charge in [-0.2, -0.15) is 0 Å². The third-order valence-corrected chi connectivity index (χ3v) is 6.62. The number of fused-ring (bicyclic) bond motifs is 2. The van der Waals surface area contributed by atoms with Crippen LogP contribution in [0.2, 0.25) is 0 Å². The van der Waals surface area contributed by atoms with Crippen LogP contribution >= 0.6 is 11.8 Å². The van der Waals surface area contributed by atoms with Crippen molar-refractivity contribution in [2.45, 2.75) is 18.9 Å². The number of aromatic nitrogens is 3. The molecule has 1 amide bonds. The average molecular weight is 370 g/mol. The highest BCUT2D eigenvalue weighted by atomic mass is 32.2. The van der Waals surface area contributed by atoms with Gasteiger partial charge in [-0.25, -0.2) is 9.97 Å². The lowest BCUT2D eigenvalue weighted by atomic mass is 9.92. The molecule has 2 N–H and O–H groups in total. The SMILES string of the molecule is O=C(C1=CN(c2ncnc3[nH]ccc23)CCS1)N1CC[C@H]2CCN[C@H]2C1. The Labute approximate surface area is 156 Å². The van der Waals surface area contributed by atoms with Crippen molar-refractivity contribution in [3.05, 3.63) is 29.7 Å². The first-order valence-electron chi connectivity index (χ1n) is 9.21. The number of hydrogen-bond acceptors (Lipinski definition) is 6. The molecule has 0 unspecified atom stereocenters. The minimum absolute atomic E-state index is 0.159. The molecule has 3 aliphatic heterocycles. The summed E-state index contributed by atoms with van der Waals surface area (Å²) in [6.45, 7) is 3.63. The summed E-state index contributed by atoms with van der Waals surface area (Å²) >= 11 is 1.65. The van der Waals surface area contributed by atoms with Crippen LogP contribution in [0.4, 0.5) is 5.82 Å². The van der Waals surface area contributed by atoms with Gasteiger partial charge in [0.05, 0.1) is 10.3 Å². The topological polar surface area (TPSA) is 77.2 Å². The molecule has 0 radical (unpaired) electrons. The lowest BCUT2D eigenvalue weighted by Gasteiger charge is -2.36. The molecular formula is C18H22N6OS. The Kier molecular flexibility index (Phi) is 4.09. The number of nitrogens with zero attached hydrogens (tertiary/aromatic N) is 4. The number of rotatable bonds is 2. The lowest BCUT2D eigenvalue weighted by molar-refractivity contribution is -0.128. The fraction of sp³-hybridized carbons (Fsp3) is 0.500. The maximum atomic E-state index is 13.1. The highest BCUT2D eigenvalue weighted by molar-refractivity contribution is 8.04. The fourth-order valence-electron chi connectivity index (χ4n) is 4.24. The van der Waals surface area contributed by atoms with Crippen molar-refractivity contribution >= 4 is 34.5 Å². The Morgan fingerprint density at radius 2 is 2.23 bits per heavy atom. The number of aromatic amines is 1. The van der Waals surface area contributed by atoms with E-state index in [0.29, 0.717) is 6.04 Å². The number of nitrogens with one attached hydrogen (secondary N) is 2. The number of H-pyrrole nitrogens is 1. The van der Waals surface area contributed by atoms with E-state index < -0.39 is 0 Å². The van der Waals surface area contributed by atoms with Gasteiger partial charge >= 0.3 is 0 Å². The van der Waals surface area contributed by atoms with Crippen molar-refractivity contribution in [3.8, 4) is 0 Å². The largest absolute Gasteiger partial charge is 0.346 e. The van der Waals surface area contributed by atoms with Crippen LogP contribution < -0.4 is 10.2 Å². The number of carbonyl (C=O) groups excluding carboxylic acids is 1. The maximum Gasteiger partial charge on any atom is 0.261 e. The number of anilines is 1. The monoisotopic (exact) mass is 370 g/mol. The summed E-state index contributed by atoms with van der Waals surface area (Å²) < 4.78 is 0.